The molecule has 0 aromatic heterocycles. The fraction of sp³-hybridized carbons (Fsp3) is 0.235. The number of carbonyl (C=O) groups is 1. The minimum atomic E-state index is 0.114. The summed E-state index contributed by atoms with van der Waals surface area (Å²) in [7, 11) is 0. The van der Waals surface area contributed by atoms with E-state index in [4.69, 9.17) is 4.74 Å². The second kappa shape index (κ2) is 5.78. The quantitative estimate of drug-likeness (QED) is 0.852. The summed E-state index contributed by atoms with van der Waals surface area (Å²) in [5.74, 6) is 0.959. The Morgan fingerprint density at radius 2 is 1.75 bits per heavy atom. The molecule has 2 aromatic carbocycles. The zero-order valence-corrected chi connectivity index (χ0v) is 11.3. The lowest BCUT2D eigenvalue weighted by Crippen LogP contribution is -2.40. The van der Waals surface area contributed by atoms with Gasteiger partial charge in [0.25, 0.3) is 5.91 Å². The summed E-state index contributed by atoms with van der Waals surface area (Å²) in [6.45, 7) is 1.92. The zero-order chi connectivity index (χ0) is 13.8. The van der Waals surface area contributed by atoms with Gasteiger partial charge < -0.3 is 9.64 Å². The molecule has 3 heteroatoms. The first-order chi connectivity index (χ1) is 9.84. The standard InChI is InChI=1S/C17H17NO2/c19-17-16-9-5-4-6-14(16)10-11-18(17)12-13-20-15-7-2-1-3-8-15/h1-9H,10-13H2. The zero-order valence-electron chi connectivity index (χ0n) is 11.3. The lowest BCUT2D eigenvalue weighted by Gasteiger charge is -2.28. The molecule has 0 fully saturated rings. The minimum Gasteiger partial charge on any atom is -0.492 e. The number of hydrogen-bond donors (Lipinski definition) is 0. The summed E-state index contributed by atoms with van der Waals surface area (Å²) in [6, 6.07) is 17.5. The van der Waals surface area contributed by atoms with E-state index in [9.17, 15) is 4.79 Å². The maximum absolute atomic E-state index is 12.3. The maximum atomic E-state index is 12.3. The highest BCUT2D eigenvalue weighted by Crippen LogP contribution is 2.18. The Bertz CT molecular complexity index is 595. The third kappa shape index (κ3) is 2.67. The number of benzene rings is 2. The van der Waals surface area contributed by atoms with E-state index in [1.54, 1.807) is 0 Å². The molecular formula is C17H17NO2. The highest BCUT2D eigenvalue weighted by Gasteiger charge is 2.23. The van der Waals surface area contributed by atoms with Crippen LogP contribution in [0.3, 0.4) is 0 Å². The third-order valence-electron chi connectivity index (χ3n) is 3.56. The van der Waals surface area contributed by atoms with Crippen LogP contribution in [0.5, 0.6) is 5.75 Å². The lowest BCUT2D eigenvalue weighted by molar-refractivity contribution is 0.0713. The average molecular weight is 267 g/mol. The summed E-state index contributed by atoms with van der Waals surface area (Å²) in [5, 5.41) is 0. The molecule has 20 heavy (non-hydrogen) atoms. The molecule has 0 atom stereocenters. The summed E-state index contributed by atoms with van der Waals surface area (Å²) in [5.41, 5.74) is 1.98. The van der Waals surface area contributed by atoms with Gasteiger partial charge in [0.05, 0.1) is 6.54 Å². The monoisotopic (exact) mass is 267 g/mol. The van der Waals surface area contributed by atoms with E-state index < -0.39 is 0 Å². The third-order valence-corrected chi connectivity index (χ3v) is 3.56. The van der Waals surface area contributed by atoms with Crippen molar-refractivity contribution in [1.29, 1.82) is 0 Å². The Balaban J connectivity index is 1.58. The smallest absolute Gasteiger partial charge is 0.254 e. The molecule has 0 saturated heterocycles. The molecule has 2 aromatic rings. The van der Waals surface area contributed by atoms with Gasteiger partial charge in [-0.05, 0) is 30.2 Å². The maximum Gasteiger partial charge on any atom is 0.254 e. The van der Waals surface area contributed by atoms with E-state index in [2.05, 4.69) is 0 Å². The van der Waals surface area contributed by atoms with E-state index in [1.165, 1.54) is 0 Å². The first kappa shape index (κ1) is 12.7. The van der Waals surface area contributed by atoms with Gasteiger partial charge in [0.1, 0.15) is 12.4 Å². The van der Waals surface area contributed by atoms with Crippen molar-refractivity contribution in [1.82, 2.24) is 4.90 Å². The van der Waals surface area contributed by atoms with Crippen LogP contribution >= 0.6 is 0 Å². The summed E-state index contributed by atoms with van der Waals surface area (Å²) in [6.07, 6.45) is 0.924. The molecule has 0 spiro atoms. The molecule has 1 heterocycles. The van der Waals surface area contributed by atoms with E-state index >= 15 is 0 Å². The Morgan fingerprint density at radius 1 is 1.00 bits per heavy atom. The number of nitrogens with zero attached hydrogens (tertiary/aromatic N) is 1. The summed E-state index contributed by atoms with van der Waals surface area (Å²) in [4.78, 5) is 14.2. The molecule has 0 saturated carbocycles. The number of carbonyl (C=O) groups excluding carboxylic acids is 1. The normalized spacial score (nSPS) is 14.0. The first-order valence-electron chi connectivity index (χ1n) is 6.89. The molecule has 1 aliphatic rings. The molecule has 0 N–H and O–H groups in total. The van der Waals surface area contributed by atoms with Crippen LogP contribution in [0.15, 0.2) is 54.6 Å². The number of amides is 1. The molecule has 1 amide bonds. The predicted octanol–water partition coefficient (Wildman–Crippen LogP) is 2.76. The van der Waals surface area contributed by atoms with Gasteiger partial charge in [-0.1, -0.05) is 36.4 Å². The molecule has 3 nitrogen and oxygen atoms in total. The Morgan fingerprint density at radius 3 is 2.60 bits per heavy atom. The highest BCUT2D eigenvalue weighted by atomic mass is 16.5. The second-order valence-electron chi connectivity index (χ2n) is 4.86. The molecule has 3 rings (SSSR count). The number of fused-ring (bicyclic) bond motifs is 1. The van der Waals surface area contributed by atoms with Crippen molar-refractivity contribution in [3.05, 3.63) is 65.7 Å². The number of ether oxygens (including phenoxy) is 1. The van der Waals surface area contributed by atoms with E-state index in [0.29, 0.717) is 13.2 Å². The van der Waals surface area contributed by atoms with Crippen LogP contribution in [0.4, 0.5) is 0 Å². The van der Waals surface area contributed by atoms with Crippen molar-refractivity contribution >= 4 is 5.91 Å². The van der Waals surface area contributed by atoms with Gasteiger partial charge in [-0.15, -0.1) is 0 Å². The van der Waals surface area contributed by atoms with Crippen molar-refractivity contribution in [2.24, 2.45) is 0 Å². The van der Waals surface area contributed by atoms with Gasteiger partial charge in [-0.3, -0.25) is 4.79 Å². The van der Waals surface area contributed by atoms with E-state index in [-0.39, 0.29) is 5.91 Å². The predicted molar refractivity (Wildman–Crippen MR) is 78.0 cm³/mol. The van der Waals surface area contributed by atoms with Crippen LogP contribution in [0.1, 0.15) is 15.9 Å². The average Bonchev–Trinajstić information content (AvgIpc) is 2.51. The van der Waals surface area contributed by atoms with Gasteiger partial charge >= 0.3 is 0 Å². The largest absolute Gasteiger partial charge is 0.492 e. The SMILES string of the molecule is O=C1c2ccccc2CCN1CCOc1ccccc1. The minimum absolute atomic E-state index is 0.114. The Hall–Kier alpha value is -2.29. The molecule has 102 valence electrons. The highest BCUT2D eigenvalue weighted by molar-refractivity contribution is 5.96. The Labute approximate surface area is 118 Å². The Kier molecular flexibility index (Phi) is 3.68. The van der Waals surface area contributed by atoms with Crippen LogP contribution in [-0.2, 0) is 6.42 Å². The van der Waals surface area contributed by atoms with Crippen LogP contribution in [0.25, 0.3) is 0 Å². The fourth-order valence-electron chi connectivity index (χ4n) is 2.48. The second-order valence-corrected chi connectivity index (χ2v) is 4.86. The van der Waals surface area contributed by atoms with Crippen LogP contribution in [0, 0.1) is 0 Å². The van der Waals surface area contributed by atoms with Gasteiger partial charge in [-0.25, -0.2) is 0 Å². The van der Waals surface area contributed by atoms with Crippen molar-refractivity contribution in [3.63, 3.8) is 0 Å². The molecule has 0 unspecified atom stereocenters. The van der Waals surface area contributed by atoms with Gasteiger partial charge in [0.15, 0.2) is 0 Å². The lowest BCUT2D eigenvalue weighted by atomic mass is 9.99. The molecule has 0 bridgehead atoms. The fourth-order valence-corrected chi connectivity index (χ4v) is 2.48. The van der Waals surface area contributed by atoms with E-state index in [1.807, 2.05) is 59.5 Å². The number of hydrogen-bond acceptors (Lipinski definition) is 2. The molecule has 0 aliphatic carbocycles. The van der Waals surface area contributed by atoms with Crippen LogP contribution < -0.4 is 4.74 Å². The van der Waals surface area contributed by atoms with Crippen molar-refractivity contribution in [2.75, 3.05) is 19.7 Å². The van der Waals surface area contributed by atoms with Crippen LogP contribution in [0.2, 0.25) is 0 Å². The van der Waals surface area contributed by atoms with E-state index in [0.717, 1.165) is 29.8 Å². The van der Waals surface area contributed by atoms with Gasteiger partial charge in [-0.2, -0.15) is 0 Å². The van der Waals surface area contributed by atoms with Gasteiger partial charge in [0, 0.05) is 12.1 Å². The number of para-hydroxylation sites is 1. The van der Waals surface area contributed by atoms with Gasteiger partial charge in [0.2, 0.25) is 0 Å². The van der Waals surface area contributed by atoms with Crippen molar-refractivity contribution < 1.29 is 9.53 Å². The topological polar surface area (TPSA) is 29.5 Å². The molecular weight excluding hydrogens is 250 g/mol. The van der Waals surface area contributed by atoms with Crippen molar-refractivity contribution in [3.8, 4) is 5.75 Å². The molecule has 1 aliphatic heterocycles. The summed E-state index contributed by atoms with van der Waals surface area (Å²) >= 11 is 0. The van der Waals surface area contributed by atoms with Crippen molar-refractivity contribution in [2.45, 2.75) is 6.42 Å². The molecule has 0 radical (unpaired) electrons. The number of rotatable bonds is 4. The first-order valence-corrected chi connectivity index (χ1v) is 6.89. The summed E-state index contributed by atoms with van der Waals surface area (Å²) < 4.78 is 5.65. The van der Waals surface area contributed by atoms with Crippen LogP contribution in [-0.4, -0.2) is 30.5 Å².